The molecule has 3 rings (SSSR count). The van der Waals surface area contributed by atoms with Crippen molar-refractivity contribution in [2.24, 2.45) is 0 Å². The first kappa shape index (κ1) is 17.5. The number of anilines is 1. The summed E-state index contributed by atoms with van der Waals surface area (Å²) < 4.78 is 5.73. The van der Waals surface area contributed by atoms with Crippen LogP contribution in [0.15, 0.2) is 72.8 Å². The molecule has 0 unspecified atom stereocenters. The average molecular weight is 348 g/mol. The van der Waals surface area contributed by atoms with Crippen LogP contribution in [0.1, 0.15) is 16.7 Å². The number of nitrogens with zero attached hydrogens (tertiary/aromatic N) is 1. The minimum absolute atomic E-state index is 0.0826. The first-order valence-corrected chi connectivity index (χ1v) is 8.36. The molecular formula is C21H20N2O3. The molecule has 0 spiro atoms. The maximum absolute atomic E-state index is 10.7. The van der Waals surface area contributed by atoms with Crippen molar-refractivity contribution in [2.75, 3.05) is 5.32 Å². The van der Waals surface area contributed by atoms with Gasteiger partial charge in [0.1, 0.15) is 12.4 Å². The minimum atomic E-state index is -0.409. The third kappa shape index (κ3) is 4.83. The Bertz CT molecular complexity index is 857. The monoisotopic (exact) mass is 348 g/mol. The van der Waals surface area contributed by atoms with Crippen molar-refractivity contribution < 1.29 is 9.66 Å². The standard InChI is InChI=1S/C21H20N2O3/c1-16-2-8-19(9-3-16)22-14-17-6-12-21(13-7-17)26-15-18-4-10-20(11-5-18)23(24)25/h2-13,22H,14-15H2,1H3. The first-order chi connectivity index (χ1) is 12.6. The number of benzene rings is 3. The summed E-state index contributed by atoms with van der Waals surface area (Å²) in [5.74, 6) is 0.766. The van der Waals surface area contributed by atoms with Crippen molar-refractivity contribution >= 4 is 11.4 Å². The lowest BCUT2D eigenvalue weighted by Crippen LogP contribution is -2.00. The molecule has 0 aliphatic carbocycles. The van der Waals surface area contributed by atoms with Gasteiger partial charge in [0.2, 0.25) is 0 Å². The van der Waals surface area contributed by atoms with E-state index in [9.17, 15) is 10.1 Å². The Morgan fingerprint density at radius 1 is 0.885 bits per heavy atom. The fraction of sp³-hybridized carbons (Fsp3) is 0.143. The fourth-order valence-electron chi connectivity index (χ4n) is 2.46. The quantitative estimate of drug-likeness (QED) is 0.477. The van der Waals surface area contributed by atoms with Gasteiger partial charge in [-0.2, -0.15) is 0 Å². The largest absolute Gasteiger partial charge is 0.489 e. The van der Waals surface area contributed by atoms with Crippen molar-refractivity contribution in [1.29, 1.82) is 0 Å². The molecule has 132 valence electrons. The van der Waals surface area contributed by atoms with Gasteiger partial charge in [0, 0.05) is 24.4 Å². The summed E-state index contributed by atoms with van der Waals surface area (Å²) in [7, 11) is 0. The summed E-state index contributed by atoms with van der Waals surface area (Å²) in [4.78, 5) is 10.2. The molecule has 0 aliphatic heterocycles. The SMILES string of the molecule is Cc1ccc(NCc2ccc(OCc3ccc([N+](=O)[O-])cc3)cc2)cc1. The second-order valence-corrected chi connectivity index (χ2v) is 6.08. The van der Waals surface area contributed by atoms with Gasteiger partial charge in [-0.15, -0.1) is 0 Å². The van der Waals surface area contributed by atoms with Gasteiger partial charge in [0.25, 0.3) is 5.69 Å². The summed E-state index contributed by atoms with van der Waals surface area (Å²) in [6.45, 7) is 3.18. The maximum Gasteiger partial charge on any atom is 0.269 e. The van der Waals surface area contributed by atoms with E-state index < -0.39 is 4.92 Å². The molecule has 3 aromatic rings. The predicted molar refractivity (Wildman–Crippen MR) is 102 cm³/mol. The van der Waals surface area contributed by atoms with E-state index in [1.807, 2.05) is 24.3 Å². The van der Waals surface area contributed by atoms with Crippen LogP contribution in [0.25, 0.3) is 0 Å². The Labute approximate surface area is 152 Å². The van der Waals surface area contributed by atoms with E-state index in [-0.39, 0.29) is 5.69 Å². The van der Waals surface area contributed by atoms with Gasteiger partial charge in [0.05, 0.1) is 4.92 Å². The molecule has 26 heavy (non-hydrogen) atoms. The zero-order chi connectivity index (χ0) is 18.4. The molecule has 0 bridgehead atoms. The van der Waals surface area contributed by atoms with Crippen LogP contribution in [0.4, 0.5) is 11.4 Å². The van der Waals surface area contributed by atoms with E-state index in [0.717, 1.165) is 29.1 Å². The molecule has 0 aromatic heterocycles. The molecule has 5 heteroatoms. The van der Waals surface area contributed by atoms with Crippen molar-refractivity contribution in [1.82, 2.24) is 0 Å². The number of nitrogens with one attached hydrogen (secondary N) is 1. The summed E-state index contributed by atoms with van der Waals surface area (Å²) in [5.41, 5.74) is 4.47. The highest BCUT2D eigenvalue weighted by atomic mass is 16.6. The van der Waals surface area contributed by atoms with Crippen LogP contribution in [0, 0.1) is 17.0 Å². The van der Waals surface area contributed by atoms with Crippen molar-refractivity contribution in [3.05, 3.63) is 99.6 Å². The zero-order valence-corrected chi connectivity index (χ0v) is 14.5. The molecule has 0 atom stereocenters. The Hall–Kier alpha value is -3.34. The highest BCUT2D eigenvalue weighted by Gasteiger charge is 2.04. The third-order valence-corrected chi connectivity index (χ3v) is 4.02. The maximum atomic E-state index is 10.7. The normalized spacial score (nSPS) is 10.3. The Morgan fingerprint density at radius 3 is 2.12 bits per heavy atom. The van der Waals surface area contributed by atoms with Crippen LogP contribution >= 0.6 is 0 Å². The van der Waals surface area contributed by atoms with Crippen molar-refractivity contribution in [3.8, 4) is 5.75 Å². The second kappa shape index (κ2) is 8.16. The summed E-state index contributed by atoms with van der Waals surface area (Å²) >= 11 is 0. The smallest absolute Gasteiger partial charge is 0.269 e. The topological polar surface area (TPSA) is 64.4 Å². The van der Waals surface area contributed by atoms with Crippen LogP contribution in [0.3, 0.4) is 0 Å². The lowest BCUT2D eigenvalue weighted by Gasteiger charge is -2.09. The lowest BCUT2D eigenvalue weighted by molar-refractivity contribution is -0.384. The average Bonchev–Trinajstić information content (AvgIpc) is 2.67. The summed E-state index contributed by atoms with van der Waals surface area (Å²) in [6, 6.07) is 22.6. The molecule has 1 N–H and O–H groups in total. The molecule has 3 aromatic carbocycles. The van der Waals surface area contributed by atoms with Gasteiger partial charge >= 0.3 is 0 Å². The highest BCUT2D eigenvalue weighted by Crippen LogP contribution is 2.17. The predicted octanol–water partition coefficient (Wildman–Crippen LogP) is 5.09. The number of ether oxygens (including phenoxy) is 1. The number of hydrogen-bond donors (Lipinski definition) is 1. The van der Waals surface area contributed by atoms with Crippen LogP contribution < -0.4 is 10.1 Å². The van der Waals surface area contributed by atoms with Crippen LogP contribution in [-0.2, 0) is 13.2 Å². The highest BCUT2D eigenvalue weighted by molar-refractivity contribution is 5.45. The fourth-order valence-corrected chi connectivity index (χ4v) is 2.46. The summed E-state index contributed by atoms with van der Waals surface area (Å²) in [6.07, 6.45) is 0. The Balaban J connectivity index is 1.50. The summed E-state index contributed by atoms with van der Waals surface area (Å²) in [5, 5.41) is 14.0. The van der Waals surface area contributed by atoms with E-state index in [0.29, 0.717) is 6.61 Å². The molecule has 5 nitrogen and oxygen atoms in total. The van der Waals surface area contributed by atoms with E-state index in [4.69, 9.17) is 4.74 Å². The Morgan fingerprint density at radius 2 is 1.50 bits per heavy atom. The lowest BCUT2D eigenvalue weighted by atomic mass is 10.2. The molecular weight excluding hydrogens is 328 g/mol. The van der Waals surface area contributed by atoms with Gasteiger partial charge in [-0.25, -0.2) is 0 Å². The minimum Gasteiger partial charge on any atom is -0.489 e. The molecule has 0 fully saturated rings. The van der Waals surface area contributed by atoms with Gasteiger partial charge < -0.3 is 10.1 Å². The number of nitro benzene ring substituents is 1. The molecule has 0 aliphatic rings. The zero-order valence-electron chi connectivity index (χ0n) is 14.5. The second-order valence-electron chi connectivity index (χ2n) is 6.08. The molecule has 0 saturated carbocycles. The van der Waals surface area contributed by atoms with Crippen molar-refractivity contribution in [3.63, 3.8) is 0 Å². The number of non-ortho nitro benzene ring substituents is 1. The number of rotatable bonds is 7. The molecule has 0 heterocycles. The third-order valence-electron chi connectivity index (χ3n) is 4.02. The van der Waals surface area contributed by atoms with E-state index >= 15 is 0 Å². The van der Waals surface area contributed by atoms with Crippen LogP contribution in [0.5, 0.6) is 5.75 Å². The van der Waals surface area contributed by atoms with E-state index in [2.05, 4.69) is 36.5 Å². The number of aryl methyl sites for hydroxylation is 1. The van der Waals surface area contributed by atoms with Crippen LogP contribution in [0.2, 0.25) is 0 Å². The number of hydrogen-bond acceptors (Lipinski definition) is 4. The Kier molecular flexibility index (Phi) is 5.49. The van der Waals surface area contributed by atoms with Gasteiger partial charge in [-0.3, -0.25) is 10.1 Å². The van der Waals surface area contributed by atoms with Gasteiger partial charge in [-0.05, 0) is 54.4 Å². The van der Waals surface area contributed by atoms with Gasteiger partial charge in [0.15, 0.2) is 0 Å². The molecule has 0 saturated heterocycles. The molecule has 0 radical (unpaired) electrons. The van der Waals surface area contributed by atoms with Crippen molar-refractivity contribution in [2.45, 2.75) is 20.1 Å². The van der Waals surface area contributed by atoms with E-state index in [1.54, 1.807) is 12.1 Å². The molecule has 0 amide bonds. The number of nitro groups is 1. The van der Waals surface area contributed by atoms with Crippen LogP contribution in [-0.4, -0.2) is 4.92 Å². The first-order valence-electron chi connectivity index (χ1n) is 8.36. The van der Waals surface area contributed by atoms with Gasteiger partial charge in [-0.1, -0.05) is 29.8 Å². The van der Waals surface area contributed by atoms with E-state index in [1.165, 1.54) is 17.7 Å².